The second-order valence-corrected chi connectivity index (χ2v) is 7.72. The van der Waals surface area contributed by atoms with Gasteiger partial charge in [-0.05, 0) is 25.1 Å². The summed E-state index contributed by atoms with van der Waals surface area (Å²) in [4.78, 5) is 19.0. The molecule has 3 rings (SSSR count). The smallest absolute Gasteiger partial charge is 0.249 e. The molecule has 0 aromatic heterocycles. The van der Waals surface area contributed by atoms with Gasteiger partial charge in [0.05, 0.1) is 41.3 Å². The normalized spacial score (nSPS) is 14.6. The molecule has 1 atom stereocenters. The number of hydrogen-bond donors (Lipinski definition) is 0. The highest BCUT2D eigenvalue weighted by Gasteiger charge is 2.29. The number of aliphatic imine (C=N–C) groups is 1. The van der Waals surface area contributed by atoms with Crippen LogP contribution in [0.3, 0.4) is 0 Å². The molecular formula is C20H18IN3O3. The number of hydrogen-bond acceptors (Lipinski definition) is 5. The Hall–Kier alpha value is -2.60. The van der Waals surface area contributed by atoms with E-state index in [0.29, 0.717) is 28.5 Å². The molecule has 1 aliphatic heterocycles. The highest BCUT2D eigenvalue weighted by molar-refractivity contribution is 14.1. The number of anilines is 1. The lowest BCUT2D eigenvalue weighted by molar-refractivity contribution is -0.117. The second kappa shape index (κ2) is 7.96. The van der Waals surface area contributed by atoms with Gasteiger partial charge in [-0.15, -0.1) is 0 Å². The summed E-state index contributed by atoms with van der Waals surface area (Å²) in [7, 11) is 3.13. The Bertz CT molecular complexity index is 963. The first kappa shape index (κ1) is 19.2. The number of methoxy groups -OCH3 is 2. The molecule has 1 aliphatic rings. The van der Waals surface area contributed by atoms with E-state index < -0.39 is 0 Å². The van der Waals surface area contributed by atoms with E-state index >= 15 is 0 Å². The van der Waals surface area contributed by atoms with Gasteiger partial charge in [0.1, 0.15) is 6.54 Å². The number of fused-ring (bicyclic) bond motifs is 1. The zero-order chi connectivity index (χ0) is 19.6. The number of carbonyl (C=O) groups excluding carboxylic acids is 1. The summed E-state index contributed by atoms with van der Waals surface area (Å²) in [5, 5.41) is 9.23. The van der Waals surface area contributed by atoms with Crippen molar-refractivity contribution in [1.82, 2.24) is 0 Å². The number of rotatable bonds is 4. The SMILES string of the molecule is COc1cc2c(cc1OC)N(C(C)I)C(=O)CN=C2c1cccc(C#N)c1. The van der Waals surface area contributed by atoms with E-state index in [4.69, 9.17) is 9.47 Å². The van der Waals surface area contributed by atoms with Crippen LogP contribution in [0.4, 0.5) is 5.69 Å². The average molecular weight is 475 g/mol. The lowest BCUT2D eigenvalue weighted by atomic mass is 9.98. The van der Waals surface area contributed by atoms with Gasteiger partial charge in [-0.1, -0.05) is 34.7 Å². The number of alkyl halides is 1. The molecule has 0 saturated heterocycles. The fraction of sp³-hybridized carbons (Fsp3) is 0.250. The third-order valence-corrected chi connectivity index (χ3v) is 4.84. The van der Waals surface area contributed by atoms with Crippen molar-refractivity contribution >= 4 is 39.9 Å². The van der Waals surface area contributed by atoms with Crippen molar-refractivity contribution < 1.29 is 14.3 Å². The molecule has 1 heterocycles. The second-order valence-electron chi connectivity index (χ2n) is 5.92. The quantitative estimate of drug-likeness (QED) is 0.385. The Kier molecular flexibility index (Phi) is 5.65. The first-order valence-electron chi connectivity index (χ1n) is 8.27. The van der Waals surface area contributed by atoms with Gasteiger partial charge in [0.15, 0.2) is 11.5 Å². The molecule has 27 heavy (non-hydrogen) atoms. The van der Waals surface area contributed by atoms with Crippen molar-refractivity contribution in [3.05, 3.63) is 53.1 Å². The van der Waals surface area contributed by atoms with E-state index in [1.54, 1.807) is 37.3 Å². The molecule has 0 aliphatic carbocycles. The van der Waals surface area contributed by atoms with E-state index in [0.717, 1.165) is 11.1 Å². The first-order chi connectivity index (χ1) is 13.0. The summed E-state index contributed by atoms with van der Waals surface area (Å²) in [6.45, 7) is 1.97. The summed E-state index contributed by atoms with van der Waals surface area (Å²) in [5.41, 5.74) is 3.43. The van der Waals surface area contributed by atoms with E-state index in [1.165, 1.54) is 0 Å². The molecule has 1 amide bonds. The Morgan fingerprint density at radius 1 is 1.22 bits per heavy atom. The summed E-state index contributed by atoms with van der Waals surface area (Å²) in [6.07, 6.45) is 0. The lowest BCUT2D eigenvalue weighted by Gasteiger charge is -2.27. The van der Waals surface area contributed by atoms with E-state index in [1.807, 2.05) is 25.1 Å². The van der Waals surface area contributed by atoms with Gasteiger partial charge in [0, 0.05) is 17.2 Å². The van der Waals surface area contributed by atoms with Crippen LogP contribution >= 0.6 is 22.6 Å². The molecule has 138 valence electrons. The molecule has 1 unspecified atom stereocenters. The van der Waals surface area contributed by atoms with Crippen LogP contribution in [0, 0.1) is 11.3 Å². The van der Waals surface area contributed by atoms with Gasteiger partial charge >= 0.3 is 0 Å². The minimum absolute atomic E-state index is 0.0266. The van der Waals surface area contributed by atoms with Crippen LogP contribution in [0.2, 0.25) is 0 Å². The monoisotopic (exact) mass is 475 g/mol. The van der Waals surface area contributed by atoms with Crippen molar-refractivity contribution in [3.63, 3.8) is 0 Å². The van der Waals surface area contributed by atoms with Gasteiger partial charge in [-0.25, -0.2) is 0 Å². The maximum atomic E-state index is 12.8. The zero-order valence-corrected chi connectivity index (χ0v) is 17.4. The van der Waals surface area contributed by atoms with E-state index in [-0.39, 0.29) is 16.5 Å². The number of ether oxygens (including phenoxy) is 2. The molecule has 0 bridgehead atoms. The van der Waals surface area contributed by atoms with Gasteiger partial charge in [0.2, 0.25) is 5.91 Å². The molecule has 0 radical (unpaired) electrons. The molecule has 0 spiro atoms. The van der Waals surface area contributed by atoms with Gasteiger partial charge < -0.3 is 9.47 Å². The first-order valence-corrected chi connectivity index (χ1v) is 9.52. The third kappa shape index (κ3) is 3.62. The molecule has 6 nitrogen and oxygen atoms in total. The van der Waals surface area contributed by atoms with E-state index in [9.17, 15) is 10.1 Å². The standard InChI is InChI=1S/C20H18IN3O3/c1-12(21)24-16-9-18(27-3)17(26-2)8-15(16)20(23-11-19(24)25)14-6-4-5-13(7-14)10-22/h4-9,12H,11H2,1-3H3. The summed E-state index contributed by atoms with van der Waals surface area (Å²) in [5.74, 6) is 0.991. The molecule has 0 fully saturated rings. The topological polar surface area (TPSA) is 74.9 Å². The average Bonchev–Trinajstić information content (AvgIpc) is 2.82. The predicted octanol–water partition coefficient (Wildman–Crippen LogP) is 3.54. The van der Waals surface area contributed by atoms with Crippen molar-refractivity contribution in [2.45, 2.75) is 11.0 Å². The molecule has 0 saturated carbocycles. The minimum atomic E-state index is -0.100. The fourth-order valence-corrected chi connectivity index (χ4v) is 3.68. The number of halogens is 1. The number of nitriles is 1. The van der Waals surface area contributed by atoms with Crippen LogP contribution < -0.4 is 14.4 Å². The van der Waals surface area contributed by atoms with Crippen molar-refractivity contribution in [2.75, 3.05) is 25.7 Å². The Balaban J connectivity index is 2.29. The highest BCUT2D eigenvalue weighted by Crippen LogP contribution is 2.39. The van der Waals surface area contributed by atoms with E-state index in [2.05, 4.69) is 33.7 Å². The zero-order valence-electron chi connectivity index (χ0n) is 15.2. The minimum Gasteiger partial charge on any atom is -0.493 e. The van der Waals surface area contributed by atoms with Crippen LogP contribution in [-0.2, 0) is 4.79 Å². The Morgan fingerprint density at radius 3 is 2.56 bits per heavy atom. The number of nitrogens with zero attached hydrogens (tertiary/aromatic N) is 3. The molecule has 2 aromatic rings. The fourth-order valence-electron chi connectivity index (χ4n) is 3.07. The van der Waals surface area contributed by atoms with Crippen molar-refractivity contribution in [3.8, 4) is 17.6 Å². The number of amides is 1. The number of benzene rings is 2. The van der Waals surface area contributed by atoms with Crippen LogP contribution in [-0.4, -0.2) is 36.4 Å². The maximum Gasteiger partial charge on any atom is 0.249 e. The highest BCUT2D eigenvalue weighted by atomic mass is 127. The van der Waals surface area contributed by atoms with Gasteiger partial charge in [-0.3, -0.25) is 14.7 Å². The molecule has 0 N–H and O–H groups in total. The summed E-state index contributed by atoms with van der Waals surface area (Å²) in [6, 6.07) is 13.0. The largest absolute Gasteiger partial charge is 0.493 e. The number of benzodiazepines with no additional fused rings is 1. The number of carbonyl (C=O) groups is 1. The maximum absolute atomic E-state index is 12.8. The third-order valence-electron chi connectivity index (χ3n) is 4.28. The van der Waals surface area contributed by atoms with Gasteiger partial charge in [-0.2, -0.15) is 5.26 Å². The van der Waals surface area contributed by atoms with Crippen LogP contribution in [0.25, 0.3) is 0 Å². The Labute approximate surface area is 171 Å². The molecule has 2 aromatic carbocycles. The molecular weight excluding hydrogens is 457 g/mol. The van der Waals surface area contributed by atoms with Crippen molar-refractivity contribution in [2.24, 2.45) is 4.99 Å². The lowest BCUT2D eigenvalue weighted by Crippen LogP contribution is -2.36. The molecule has 7 heteroatoms. The van der Waals surface area contributed by atoms with Crippen LogP contribution in [0.5, 0.6) is 11.5 Å². The van der Waals surface area contributed by atoms with Crippen molar-refractivity contribution in [1.29, 1.82) is 5.26 Å². The summed E-state index contributed by atoms with van der Waals surface area (Å²) < 4.78 is 10.8. The van der Waals surface area contributed by atoms with Crippen LogP contribution in [0.15, 0.2) is 41.4 Å². The van der Waals surface area contributed by atoms with Crippen LogP contribution in [0.1, 0.15) is 23.6 Å². The predicted molar refractivity (Wildman–Crippen MR) is 112 cm³/mol. The van der Waals surface area contributed by atoms with Gasteiger partial charge in [0.25, 0.3) is 0 Å². The summed E-state index contributed by atoms with van der Waals surface area (Å²) >= 11 is 2.20. The Morgan fingerprint density at radius 2 is 1.93 bits per heavy atom.